The number of carbonyl (C=O) groups is 1. The molecule has 0 saturated carbocycles. The molecule has 0 radical (unpaired) electrons. The minimum atomic E-state index is -4.32. The molecule has 0 aliphatic carbocycles. The minimum absolute atomic E-state index is 0.0531. The van der Waals surface area contributed by atoms with Gasteiger partial charge in [-0.25, -0.2) is 4.57 Å². The lowest BCUT2D eigenvalue weighted by Crippen LogP contribution is -2.45. The standard InChI is InChI=1S/C34H65N2O6P/c1-6-8-10-12-13-14-15-16-17-18-19-20-21-22-24-25-27-33(37)32(35-34(38)28-26-23-11-9-7-2)31-42-43(39,40)41-30-29-36(3,4)5/h16-17,20-21,25,27,32-33,37H,6-15,18-19,22-24,26,28-31H2,1-5H3,(H-,35,38,39,40)/p+1/b17-16+,21-20+,27-25+. The van der Waals surface area contributed by atoms with E-state index in [-0.39, 0.29) is 19.1 Å². The van der Waals surface area contributed by atoms with Gasteiger partial charge in [-0.15, -0.1) is 0 Å². The average molecular weight is 630 g/mol. The molecule has 0 aliphatic heterocycles. The lowest BCUT2D eigenvalue weighted by atomic mass is 10.1. The van der Waals surface area contributed by atoms with E-state index >= 15 is 0 Å². The predicted octanol–water partition coefficient (Wildman–Crippen LogP) is 8.01. The number of amides is 1. The average Bonchev–Trinajstić information content (AvgIpc) is 2.94. The first-order chi connectivity index (χ1) is 20.5. The third-order valence-corrected chi connectivity index (χ3v) is 8.07. The molecule has 3 atom stereocenters. The Balaban J connectivity index is 4.59. The number of unbranched alkanes of at least 4 members (excludes halogenated alkanes) is 12. The highest BCUT2D eigenvalue weighted by atomic mass is 31.2. The number of nitrogens with one attached hydrogen (secondary N) is 1. The number of likely N-dealkylation sites (N-methyl/N-ethyl adjacent to an activating group) is 1. The lowest BCUT2D eigenvalue weighted by molar-refractivity contribution is -0.870. The zero-order valence-electron chi connectivity index (χ0n) is 28.2. The topological polar surface area (TPSA) is 105 Å². The molecule has 9 heteroatoms. The summed E-state index contributed by atoms with van der Waals surface area (Å²) in [5, 5.41) is 13.6. The zero-order valence-corrected chi connectivity index (χ0v) is 29.1. The Bertz CT molecular complexity index is 809. The molecule has 0 aromatic rings. The quantitative estimate of drug-likeness (QED) is 0.0335. The van der Waals surface area contributed by atoms with Crippen LogP contribution in [0, 0.1) is 0 Å². The summed E-state index contributed by atoms with van der Waals surface area (Å²) in [6, 6.07) is -0.861. The van der Waals surface area contributed by atoms with E-state index < -0.39 is 20.0 Å². The molecule has 43 heavy (non-hydrogen) atoms. The van der Waals surface area contributed by atoms with Crippen molar-refractivity contribution in [3.8, 4) is 0 Å². The van der Waals surface area contributed by atoms with Crippen molar-refractivity contribution in [1.82, 2.24) is 5.32 Å². The van der Waals surface area contributed by atoms with Crippen LogP contribution < -0.4 is 5.32 Å². The van der Waals surface area contributed by atoms with Crippen molar-refractivity contribution in [2.24, 2.45) is 0 Å². The molecule has 252 valence electrons. The first-order valence-corrected chi connectivity index (χ1v) is 18.4. The molecule has 0 saturated heterocycles. The fourth-order valence-corrected chi connectivity index (χ4v) is 5.04. The molecule has 0 aromatic heterocycles. The summed E-state index contributed by atoms with van der Waals surface area (Å²) in [5.41, 5.74) is 0. The van der Waals surface area contributed by atoms with Crippen LogP contribution in [0.2, 0.25) is 0 Å². The molecule has 0 heterocycles. The first kappa shape index (κ1) is 41.7. The smallest absolute Gasteiger partial charge is 0.387 e. The number of carbonyl (C=O) groups excluding carboxylic acids is 1. The van der Waals surface area contributed by atoms with Crippen LogP contribution in [-0.4, -0.2) is 73.4 Å². The number of aliphatic hydroxyl groups excluding tert-OH is 1. The van der Waals surface area contributed by atoms with Crippen LogP contribution in [-0.2, 0) is 18.4 Å². The van der Waals surface area contributed by atoms with Gasteiger partial charge >= 0.3 is 7.82 Å². The molecule has 3 N–H and O–H groups in total. The molecule has 0 rings (SSSR count). The van der Waals surface area contributed by atoms with Gasteiger partial charge in [0.05, 0.1) is 39.9 Å². The second-order valence-corrected chi connectivity index (χ2v) is 14.0. The van der Waals surface area contributed by atoms with Crippen molar-refractivity contribution in [3.05, 3.63) is 36.5 Å². The van der Waals surface area contributed by atoms with Gasteiger partial charge in [0.25, 0.3) is 0 Å². The molecule has 0 spiro atoms. The summed E-state index contributed by atoms with van der Waals surface area (Å²) in [6.07, 6.45) is 29.6. The molecule has 0 aliphatic rings. The Morgan fingerprint density at radius 2 is 1.28 bits per heavy atom. The van der Waals surface area contributed by atoms with Crippen molar-refractivity contribution < 1.29 is 32.9 Å². The van der Waals surface area contributed by atoms with E-state index in [0.717, 1.165) is 57.8 Å². The molecule has 3 unspecified atom stereocenters. The Morgan fingerprint density at radius 1 is 0.767 bits per heavy atom. The zero-order chi connectivity index (χ0) is 32.2. The first-order valence-electron chi connectivity index (χ1n) is 16.9. The Morgan fingerprint density at radius 3 is 1.86 bits per heavy atom. The fraction of sp³-hybridized carbons (Fsp3) is 0.794. The molecular weight excluding hydrogens is 563 g/mol. The van der Waals surface area contributed by atoms with Crippen LogP contribution in [0.5, 0.6) is 0 Å². The number of phosphoric ester groups is 1. The fourth-order valence-electron chi connectivity index (χ4n) is 4.30. The molecule has 8 nitrogen and oxygen atoms in total. The molecular formula is C34H66N2O6P+. The Labute approximate surface area is 264 Å². The second kappa shape index (κ2) is 27.1. The second-order valence-electron chi connectivity index (χ2n) is 12.5. The van der Waals surface area contributed by atoms with Gasteiger partial charge in [0.1, 0.15) is 13.2 Å². The highest BCUT2D eigenvalue weighted by molar-refractivity contribution is 7.47. The normalized spacial score (nSPS) is 15.4. The number of aliphatic hydroxyl groups is 1. The van der Waals surface area contributed by atoms with Crippen molar-refractivity contribution in [1.29, 1.82) is 0 Å². The third kappa shape index (κ3) is 29.2. The number of hydrogen-bond acceptors (Lipinski definition) is 5. The summed E-state index contributed by atoms with van der Waals surface area (Å²) in [5.74, 6) is -0.208. The lowest BCUT2D eigenvalue weighted by Gasteiger charge is -2.25. The van der Waals surface area contributed by atoms with Gasteiger partial charge in [-0.2, -0.15) is 0 Å². The third-order valence-electron chi connectivity index (χ3n) is 7.09. The van der Waals surface area contributed by atoms with Gasteiger partial charge in [-0.05, 0) is 44.9 Å². The molecule has 1 amide bonds. The van der Waals surface area contributed by atoms with Crippen molar-refractivity contribution in [3.63, 3.8) is 0 Å². The van der Waals surface area contributed by atoms with Crippen molar-refractivity contribution >= 4 is 13.7 Å². The predicted molar refractivity (Wildman–Crippen MR) is 180 cm³/mol. The number of phosphoric acid groups is 1. The van der Waals surface area contributed by atoms with Gasteiger partial charge in [0, 0.05) is 6.42 Å². The number of rotatable bonds is 29. The number of hydrogen-bond donors (Lipinski definition) is 3. The number of allylic oxidation sites excluding steroid dienone is 5. The van der Waals surface area contributed by atoms with Gasteiger partial charge in [-0.3, -0.25) is 13.8 Å². The van der Waals surface area contributed by atoms with Crippen LogP contribution >= 0.6 is 7.82 Å². The number of quaternary nitrogens is 1. The van der Waals surface area contributed by atoms with Gasteiger partial charge < -0.3 is 19.8 Å². The van der Waals surface area contributed by atoms with Crippen LogP contribution in [0.3, 0.4) is 0 Å². The van der Waals surface area contributed by atoms with Crippen LogP contribution in [0.15, 0.2) is 36.5 Å². The van der Waals surface area contributed by atoms with Gasteiger partial charge in [-0.1, -0.05) is 108 Å². The maximum absolute atomic E-state index is 12.5. The summed E-state index contributed by atoms with van der Waals surface area (Å²) in [4.78, 5) is 22.6. The summed E-state index contributed by atoms with van der Waals surface area (Å²) in [6.45, 7) is 4.64. The maximum Gasteiger partial charge on any atom is 0.472 e. The molecule has 0 aromatic carbocycles. The Kier molecular flexibility index (Phi) is 26.3. The molecule has 0 bridgehead atoms. The van der Waals surface area contributed by atoms with Gasteiger partial charge in [0.15, 0.2) is 0 Å². The van der Waals surface area contributed by atoms with Crippen LogP contribution in [0.1, 0.15) is 123 Å². The summed E-state index contributed by atoms with van der Waals surface area (Å²) < 4.78 is 23.2. The van der Waals surface area contributed by atoms with Crippen LogP contribution in [0.25, 0.3) is 0 Å². The van der Waals surface area contributed by atoms with Crippen molar-refractivity contribution in [2.45, 2.75) is 135 Å². The van der Waals surface area contributed by atoms with Crippen LogP contribution in [0.4, 0.5) is 0 Å². The van der Waals surface area contributed by atoms with E-state index in [1.807, 2.05) is 27.2 Å². The van der Waals surface area contributed by atoms with E-state index in [1.54, 1.807) is 6.08 Å². The monoisotopic (exact) mass is 629 g/mol. The van der Waals surface area contributed by atoms with E-state index in [9.17, 15) is 19.4 Å². The summed E-state index contributed by atoms with van der Waals surface area (Å²) in [7, 11) is 1.54. The highest BCUT2D eigenvalue weighted by Gasteiger charge is 2.27. The van der Waals surface area contributed by atoms with Crippen molar-refractivity contribution in [2.75, 3.05) is 40.9 Å². The van der Waals surface area contributed by atoms with E-state index in [2.05, 4.69) is 43.5 Å². The minimum Gasteiger partial charge on any atom is -0.387 e. The maximum atomic E-state index is 12.5. The van der Waals surface area contributed by atoms with E-state index in [4.69, 9.17) is 9.05 Å². The SMILES string of the molecule is CCCCCCCC/C=C/CC/C=C/CC/C=C/C(O)C(COP(=O)(O)OCC[N+](C)(C)C)NC(=O)CCCCCCC. The largest absolute Gasteiger partial charge is 0.472 e. The van der Waals surface area contributed by atoms with E-state index in [1.165, 1.54) is 44.9 Å². The highest BCUT2D eigenvalue weighted by Crippen LogP contribution is 2.43. The Hall–Kier alpha value is -1.28. The number of nitrogens with zero attached hydrogens (tertiary/aromatic N) is 1. The summed E-state index contributed by atoms with van der Waals surface area (Å²) >= 11 is 0. The molecule has 0 fully saturated rings. The van der Waals surface area contributed by atoms with Gasteiger partial charge in [0.2, 0.25) is 5.91 Å². The van der Waals surface area contributed by atoms with E-state index in [0.29, 0.717) is 17.4 Å².